The first-order valence-electron chi connectivity index (χ1n) is 6.22. The molecule has 0 saturated carbocycles. The molecule has 0 amide bonds. The zero-order chi connectivity index (χ0) is 12.7. The third kappa shape index (κ3) is 4.78. The molecule has 0 radical (unpaired) electrons. The van der Waals surface area contributed by atoms with Crippen LogP contribution < -0.4 is 0 Å². The van der Waals surface area contributed by atoms with Crippen molar-refractivity contribution in [1.29, 1.82) is 0 Å². The van der Waals surface area contributed by atoms with Gasteiger partial charge in [0, 0.05) is 17.5 Å². The van der Waals surface area contributed by atoms with Crippen LogP contribution in [-0.4, -0.2) is 23.9 Å². The normalized spacial score (nSPS) is 14.6. The third-order valence-corrected chi connectivity index (χ3v) is 3.54. The monoisotopic (exact) mass is 300 g/mol. The number of aliphatic hydroxyl groups excluding tert-OH is 1. The third-order valence-electron chi connectivity index (χ3n) is 2.77. The van der Waals surface area contributed by atoms with Crippen molar-refractivity contribution in [2.24, 2.45) is 0 Å². The minimum Gasteiger partial charge on any atom is -0.390 e. The van der Waals surface area contributed by atoms with Crippen molar-refractivity contribution >= 4 is 15.9 Å². The Morgan fingerprint density at radius 2 is 2.00 bits per heavy atom. The van der Waals surface area contributed by atoms with Gasteiger partial charge < -0.3 is 9.84 Å². The highest BCUT2D eigenvalue weighted by Crippen LogP contribution is 2.20. The van der Waals surface area contributed by atoms with E-state index in [9.17, 15) is 5.11 Å². The lowest BCUT2D eigenvalue weighted by Crippen LogP contribution is -2.31. The molecule has 0 bridgehead atoms. The van der Waals surface area contributed by atoms with Gasteiger partial charge in [0.25, 0.3) is 0 Å². The molecule has 2 nitrogen and oxygen atoms in total. The zero-order valence-electron chi connectivity index (χ0n) is 10.5. The molecule has 1 aromatic rings. The van der Waals surface area contributed by atoms with Crippen molar-refractivity contribution < 1.29 is 9.84 Å². The molecule has 1 rings (SSSR count). The Balaban J connectivity index is 2.62. The second-order valence-corrected chi connectivity index (χ2v) is 5.00. The van der Waals surface area contributed by atoms with E-state index < -0.39 is 6.10 Å². The molecular weight excluding hydrogens is 280 g/mol. The number of rotatable bonds is 7. The van der Waals surface area contributed by atoms with E-state index in [1.807, 2.05) is 31.2 Å². The smallest absolute Gasteiger partial charge is 0.0842 e. The standard InChI is InChI=1S/C14H21BrO2/c1-3-7-14(17-4-2)13(16)10-11-8-5-6-9-12(11)15/h5-6,8-9,13-14,16H,3-4,7,10H2,1-2H3. The van der Waals surface area contributed by atoms with Crippen LogP contribution >= 0.6 is 15.9 Å². The summed E-state index contributed by atoms with van der Waals surface area (Å²) in [6, 6.07) is 7.99. The summed E-state index contributed by atoms with van der Waals surface area (Å²) in [5.41, 5.74) is 1.13. The van der Waals surface area contributed by atoms with Crippen molar-refractivity contribution in [3.8, 4) is 0 Å². The molecule has 0 heterocycles. The Morgan fingerprint density at radius 1 is 1.29 bits per heavy atom. The maximum absolute atomic E-state index is 10.2. The molecule has 96 valence electrons. The van der Waals surface area contributed by atoms with E-state index in [1.54, 1.807) is 0 Å². The fraction of sp³-hybridized carbons (Fsp3) is 0.571. The summed E-state index contributed by atoms with van der Waals surface area (Å²) < 4.78 is 6.64. The maximum atomic E-state index is 10.2. The molecule has 0 aromatic heterocycles. The molecule has 0 fully saturated rings. The second-order valence-electron chi connectivity index (χ2n) is 4.15. The number of hydrogen-bond donors (Lipinski definition) is 1. The predicted octanol–water partition coefficient (Wildman–Crippen LogP) is 3.56. The number of benzene rings is 1. The first-order valence-corrected chi connectivity index (χ1v) is 7.01. The lowest BCUT2D eigenvalue weighted by molar-refractivity contribution is -0.0364. The van der Waals surface area contributed by atoms with E-state index in [0.29, 0.717) is 13.0 Å². The molecule has 0 saturated heterocycles. The highest BCUT2D eigenvalue weighted by Gasteiger charge is 2.19. The van der Waals surface area contributed by atoms with E-state index in [4.69, 9.17) is 4.74 Å². The van der Waals surface area contributed by atoms with Crippen LogP contribution in [0.15, 0.2) is 28.7 Å². The van der Waals surface area contributed by atoms with Crippen LogP contribution in [0.5, 0.6) is 0 Å². The number of aliphatic hydroxyl groups is 1. The lowest BCUT2D eigenvalue weighted by Gasteiger charge is -2.22. The molecule has 0 spiro atoms. The van der Waals surface area contributed by atoms with Crippen molar-refractivity contribution in [1.82, 2.24) is 0 Å². The molecule has 3 heteroatoms. The average molecular weight is 301 g/mol. The predicted molar refractivity (Wildman–Crippen MR) is 74.2 cm³/mol. The molecule has 2 unspecified atom stereocenters. The molecule has 17 heavy (non-hydrogen) atoms. The summed E-state index contributed by atoms with van der Waals surface area (Å²) in [5, 5.41) is 10.2. The zero-order valence-corrected chi connectivity index (χ0v) is 12.1. The Bertz CT molecular complexity index is 322. The van der Waals surface area contributed by atoms with Crippen LogP contribution in [0.2, 0.25) is 0 Å². The maximum Gasteiger partial charge on any atom is 0.0842 e. The van der Waals surface area contributed by atoms with Gasteiger partial charge in [0.15, 0.2) is 0 Å². The van der Waals surface area contributed by atoms with Crippen molar-refractivity contribution in [2.75, 3.05) is 6.61 Å². The van der Waals surface area contributed by atoms with E-state index >= 15 is 0 Å². The first kappa shape index (κ1) is 14.7. The summed E-state index contributed by atoms with van der Waals surface area (Å²) in [5.74, 6) is 0. The highest BCUT2D eigenvalue weighted by atomic mass is 79.9. The van der Waals surface area contributed by atoms with Gasteiger partial charge in [-0.15, -0.1) is 0 Å². The quantitative estimate of drug-likeness (QED) is 0.834. The number of ether oxygens (including phenoxy) is 1. The van der Waals surface area contributed by atoms with Gasteiger partial charge in [-0.25, -0.2) is 0 Å². The Labute approximate surface area is 112 Å². The second kappa shape index (κ2) is 7.85. The molecule has 1 aromatic carbocycles. The van der Waals surface area contributed by atoms with Gasteiger partial charge in [-0.05, 0) is 25.0 Å². The molecule has 0 aliphatic rings. The topological polar surface area (TPSA) is 29.5 Å². The van der Waals surface area contributed by atoms with Crippen LogP contribution in [0.1, 0.15) is 32.3 Å². The van der Waals surface area contributed by atoms with Gasteiger partial charge in [0.2, 0.25) is 0 Å². The van der Waals surface area contributed by atoms with Gasteiger partial charge in [-0.2, -0.15) is 0 Å². The van der Waals surface area contributed by atoms with Crippen LogP contribution in [0.3, 0.4) is 0 Å². The fourth-order valence-electron chi connectivity index (χ4n) is 1.91. The largest absolute Gasteiger partial charge is 0.390 e. The van der Waals surface area contributed by atoms with Gasteiger partial charge in [0.1, 0.15) is 0 Å². The summed E-state index contributed by atoms with van der Waals surface area (Å²) in [6.07, 6.45) is 2.06. The van der Waals surface area contributed by atoms with Crippen LogP contribution in [0, 0.1) is 0 Å². The molecule has 2 atom stereocenters. The molecular formula is C14H21BrO2. The average Bonchev–Trinajstić information content (AvgIpc) is 2.32. The van der Waals surface area contributed by atoms with Crippen LogP contribution in [-0.2, 0) is 11.2 Å². The molecule has 0 aliphatic heterocycles. The van der Waals surface area contributed by atoms with E-state index in [2.05, 4.69) is 22.9 Å². The van der Waals surface area contributed by atoms with Gasteiger partial charge in [-0.1, -0.05) is 47.5 Å². The summed E-state index contributed by atoms with van der Waals surface area (Å²) >= 11 is 3.50. The summed E-state index contributed by atoms with van der Waals surface area (Å²) in [4.78, 5) is 0. The van der Waals surface area contributed by atoms with Crippen LogP contribution in [0.25, 0.3) is 0 Å². The Hall–Kier alpha value is -0.380. The lowest BCUT2D eigenvalue weighted by atomic mass is 10.0. The highest BCUT2D eigenvalue weighted by molar-refractivity contribution is 9.10. The van der Waals surface area contributed by atoms with Crippen molar-refractivity contribution in [3.05, 3.63) is 34.3 Å². The Kier molecular flexibility index (Phi) is 6.78. The first-order chi connectivity index (χ1) is 8.19. The van der Waals surface area contributed by atoms with E-state index in [-0.39, 0.29) is 6.10 Å². The molecule has 1 N–H and O–H groups in total. The van der Waals surface area contributed by atoms with Crippen molar-refractivity contribution in [2.45, 2.75) is 45.3 Å². The van der Waals surface area contributed by atoms with E-state index in [1.165, 1.54) is 0 Å². The van der Waals surface area contributed by atoms with E-state index in [0.717, 1.165) is 22.9 Å². The number of halogens is 1. The summed E-state index contributed by atoms with van der Waals surface area (Å²) in [6.45, 7) is 4.72. The van der Waals surface area contributed by atoms with Gasteiger partial charge >= 0.3 is 0 Å². The Morgan fingerprint density at radius 3 is 2.59 bits per heavy atom. The molecule has 0 aliphatic carbocycles. The van der Waals surface area contributed by atoms with Crippen LogP contribution in [0.4, 0.5) is 0 Å². The minimum absolute atomic E-state index is 0.0582. The fourth-order valence-corrected chi connectivity index (χ4v) is 2.35. The van der Waals surface area contributed by atoms with Gasteiger partial charge in [-0.3, -0.25) is 0 Å². The van der Waals surface area contributed by atoms with Crippen molar-refractivity contribution in [3.63, 3.8) is 0 Å². The minimum atomic E-state index is -0.436. The SMILES string of the molecule is CCCC(OCC)C(O)Cc1ccccc1Br. The number of hydrogen-bond acceptors (Lipinski definition) is 2. The summed E-state index contributed by atoms with van der Waals surface area (Å²) in [7, 11) is 0. The van der Waals surface area contributed by atoms with Gasteiger partial charge in [0.05, 0.1) is 12.2 Å².